The summed E-state index contributed by atoms with van der Waals surface area (Å²) in [4.78, 5) is 0. The van der Waals surface area contributed by atoms with Crippen molar-refractivity contribution in [3.63, 3.8) is 0 Å². The normalized spacial score (nSPS) is 14.6. The van der Waals surface area contributed by atoms with Gasteiger partial charge in [0.05, 0.1) is 25.4 Å². The molecule has 108 valence electrons. The lowest BCUT2D eigenvalue weighted by atomic mass is 10.0. The Morgan fingerprint density at radius 1 is 1.00 bits per heavy atom. The van der Waals surface area contributed by atoms with Gasteiger partial charge in [0.2, 0.25) is 0 Å². The van der Waals surface area contributed by atoms with Crippen LogP contribution in [0.3, 0.4) is 0 Å². The summed E-state index contributed by atoms with van der Waals surface area (Å²) in [5, 5.41) is 19.5. The predicted octanol–water partition coefficient (Wildman–Crippen LogP) is 2.75. The van der Waals surface area contributed by atoms with Crippen LogP contribution in [-0.2, 0) is 11.3 Å². The minimum atomic E-state index is -0.495. The maximum absolute atomic E-state index is 9.77. The Balaban J connectivity index is 2.09. The van der Waals surface area contributed by atoms with E-state index in [2.05, 4.69) is 13.8 Å². The molecule has 2 unspecified atom stereocenters. The van der Waals surface area contributed by atoms with Gasteiger partial charge in [0.15, 0.2) is 0 Å². The van der Waals surface area contributed by atoms with E-state index in [-0.39, 0.29) is 6.10 Å². The quantitative estimate of drug-likeness (QED) is 0.722. The molecule has 1 aromatic carbocycles. The summed E-state index contributed by atoms with van der Waals surface area (Å²) in [5.74, 6) is 0.487. The van der Waals surface area contributed by atoms with Gasteiger partial charge in [0.1, 0.15) is 0 Å². The number of aliphatic hydroxyl groups is 2. The first-order valence-electron chi connectivity index (χ1n) is 7.05. The molecule has 19 heavy (non-hydrogen) atoms. The molecule has 0 heterocycles. The van der Waals surface area contributed by atoms with Gasteiger partial charge in [-0.2, -0.15) is 0 Å². The standard InChI is InChI=1S/C16H26O3/c1-13(2)10-15(17)8-9-16(18)12-19-11-14-6-4-3-5-7-14/h3-7,13,15-18H,8-12H2,1-2H3. The van der Waals surface area contributed by atoms with Crippen molar-refractivity contribution in [2.24, 2.45) is 5.92 Å². The van der Waals surface area contributed by atoms with Gasteiger partial charge in [0.25, 0.3) is 0 Å². The average Bonchev–Trinajstić information content (AvgIpc) is 2.37. The van der Waals surface area contributed by atoms with Crippen molar-refractivity contribution in [1.82, 2.24) is 0 Å². The Labute approximate surface area is 116 Å². The largest absolute Gasteiger partial charge is 0.393 e. The second kappa shape index (κ2) is 9.08. The zero-order chi connectivity index (χ0) is 14.1. The van der Waals surface area contributed by atoms with Crippen LogP contribution in [0.5, 0.6) is 0 Å². The van der Waals surface area contributed by atoms with Crippen molar-refractivity contribution >= 4 is 0 Å². The molecule has 0 aromatic heterocycles. The first kappa shape index (κ1) is 16.2. The Bertz CT molecular complexity index is 324. The highest BCUT2D eigenvalue weighted by Crippen LogP contribution is 2.11. The number of hydrogen-bond acceptors (Lipinski definition) is 3. The van der Waals surface area contributed by atoms with Gasteiger partial charge >= 0.3 is 0 Å². The second-order valence-electron chi connectivity index (χ2n) is 5.52. The van der Waals surface area contributed by atoms with E-state index in [9.17, 15) is 10.2 Å². The Morgan fingerprint density at radius 2 is 1.63 bits per heavy atom. The second-order valence-corrected chi connectivity index (χ2v) is 5.52. The summed E-state index contributed by atoms with van der Waals surface area (Å²) in [6, 6.07) is 9.90. The maximum atomic E-state index is 9.77. The third-order valence-corrected chi connectivity index (χ3v) is 3.00. The topological polar surface area (TPSA) is 49.7 Å². The van der Waals surface area contributed by atoms with Crippen molar-refractivity contribution in [3.8, 4) is 0 Å². The van der Waals surface area contributed by atoms with Gasteiger partial charge in [-0.3, -0.25) is 0 Å². The van der Waals surface area contributed by atoms with Gasteiger partial charge in [-0.25, -0.2) is 0 Å². The fraction of sp³-hybridized carbons (Fsp3) is 0.625. The van der Waals surface area contributed by atoms with E-state index in [1.165, 1.54) is 0 Å². The molecule has 0 spiro atoms. The van der Waals surface area contributed by atoms with Crippen molar-refractivity contribution in [2.75, 3.05) is 6.61 Å². The highest BCUT2D eigenvalue weighted by Gasteiger charge is 2.11. The Hall–Kier alpha value is -0.900. The first-order valence-corrected chi connectivity index (χ1v) is 7.05. The fourth-order valence-electron chi connectivity index (χ4n) is 2.02. The lowest BCUT2D eigenvalue weighted by Gasteiger charge is -2.16. The summed E-state index contributed by atoms with van der Waals surface area (Å²) >= 11 is 0. The third kappa shape index (κ3) is 7.98. The van der Waals surface area contributed by atoms with Crippen molar-refractivity contribution in [3.05, 3.63) is 35.9 Å². The van der Waals surface area contributed by atoms with Gasteiger partial charge in [-0.15, -0.1) is 0 Å². The van der Waals surface area contributed by atoms with E-state index >= 15 is 0 Å². The lowest BCUT2D eigenvalue weighted by molar-refractivity contribution is 0.0153. The number of aliphatic hydroxyl groups excluding tert-OH is 2. The van der Waals surface area contributed by atoms with E-state index in [1.807, 2.05) is 30.3 Å². The van der Waals surface area contributed by atoms with Crippen molar-refractivity contribution in [1.29, 1.82) is 0 Å². The van der Waals surface area contributed by atoms with E-state index in [4.69, 9.17) is 4.74 Å². The summed E-state index contributed by atoms with van der Waals surface area (Å²) < 4.78 is 5.46. The SMILES string of the molecule is CC(C)CC(O)CCC(O)COCc1ccccc1. The number of benzene rings is 1. The summed E-state index contributed by atoms with van der Waals surface area (Å²) in [5.41, 5.74) is 1.11. The van der Waals surface area contributed by atoms with Crippen LogP contribution < -0.4 is 0 Å². The lowest BCUT2D eigenvalue weighted by Crippen LogP contribution is -2.19. The molecule has 0 radical (unpaired) electrons. The zero-order valence-corrected chi connectivity index (χ0v) is 12.0. The molecule has 0 aliphatic rings. The van der Waals surface area contributed by atoms with E-state index in [0.717, 1.165) is 12.0 Å². The molecule has 0 saturated carbocycles. The molecule has 2 atom stereocenters. The van der Waals surface area contributed by atoms with Crippen LogP contribution in [-0.4, -0.2) is 29.0 Å². The van der Waals surface area contributed by atoms with Gasteiger partial charge in [-0.05, 0) is 30.7 Å². The molecular weight excluding hydrogens is 240 g/mol. The van der Waals surface area contributed by atoms with Crippen molar-refractivity contribution in [2.45, 2.75) is 51.9 Å². The van der Waals surface area contributed by atoms with Crippen LogP contribution in [0.2, 0.25) is 0 Å². The van der Waals surface area contributed by atoms with Gasteiger partial charge < -0.3 is 14.9 Å². The molecule has 0 fully saturated rings. The monoisotopic (exact) mass is 266 g/mol. The summed E-state index contributed by atoms with van der Waals surface area (Å²) in [6.45, 7) is 5.01. The molecule has 3 heteroatoms. The summed E-state index contributed by atoms with van der Waals surface area (Å²) in [7, 11) is 0. The number of hydrogen-bond donors (Lipinski definition) is 2. The minimum Gasteiger partial charge on any atom is -0.393 e. The molecule has 0 bridgehead atoms. The molecule has 1 rings (SSSR count). The van der Waals surface area contributed by atoms with Crippen LogP contribution in [0.1, 0.15) is 38.7 Å². The van der Waals surface area contributed by atoms with Crippen LogP contribution in [0.4, 0.5) is 0 Å². The molecule has 0 aliphatic heterocycles. The molecule has 0 amide bonds. The Morgan fingerprint density at radius 3 is 2.26 bits per heavy atom. The highest BCUT2D eigenvalue weighted by molar-refractivity contribution is 5.13. The van der Waals surface area contributed by atoms with E-state index in [0.29, 0.717) is 32.0 Å². The molecular formula is C16H26O3. The van der Waals surface area contributed by atoms with Crippen LogP contribution in [0, 0.1) is 5.92 Å². The molecule has 0 saturated heterocycles. The number of rotatable bonds is 9. The number of ether oxygens (including phenoxy) is 1. The van der Waals surface area contributed by atoms with Crippen LogP contribution in [0.15, 0.2) is 30.3 Å². The smallest absolute Gasteiger partial charge is 0.0774 e. The zero-order valence-electron chi connectivity index (χ0n) is 12.0. The molecule has 1 aromatic rings. The molecule has 3 nitrogen and oxygen atoms in total. The summed E-state index contributed by atoms with van der Waals surface area (Å²) in [6.07, 6.45) is 1.20. The van der Waals surface area contributed by atoms with Crippen LogP contribution >= 0.6 is 0 Å². The van der Waals surface area contributed by atoms with E-state index in [1.54, 1.807) is 0 Å². The van der Waals surface area contributed by atoms with Crippen molar-refractivity contribution < 1.29 is 14.9 Å². The van der Waals surface area contributed by atoms with E-state index < -0.39 is 6.10 Å². The molecule has 2 N–H and O–H groups in total. The van der Waals surface area contributed by atoms with Gasteiger partial charge in [0, 0.05) is 0 Å². The Kier molecular flexibility index (Phi) is 7.72. The average molecular weight is 266 g/mol. The molecule has 0 aliphatic carbocycles. The highest BCUT2D eigenvalue weighted by atomic mass is 16.5. The maximum Gasteiger partial charge on any atom is 0.0774 e. The fourth-order valence-corrected chi connectivity index (χ4v) is 2.02. The minimum absolute atomic E-state index is 0.316. The van der Waals surface area contributed by atoms with Crippen LogP contribution in [0.25, 0.3) is 0 Å². The van der Waals surface area contributed by atoms with Gasteiger partial charge in [-0.1, -0.05) is 44.2 Å². The first-order chi connectivity index (χ1) is 9.08. The third-order valence-electron chi connectivity index (χ3n) is 3.00. The predicted molar refractivity (Wildman–Crippen MR) is 76.8 cm³/mol.